The third-order valence-electron chi connectivity index (χ3n) is 6.47. The molecule has 168 valence electrons. The van der Waals surface area contributed by atoms with E-state index in [0.29, 0.717) is 6.54 Å². The Morgan fingerprint density at radius 1 is 0.970 bits per heavy atom. The van der Waals surface area contributed by atoms with Crippen LogP contribution in [0.3, 0.4) is 0 Å². The molecule has 0 bridgehead atoms. The molecule has 0 radical (unpaired) electrons. The number of nitrogens with one attached hydrogen (secondary N) is 1. The van der Waals surface area contributed by atoms with Crippen LogP contribution in [0, 0.1) is 0 Å². The molecule has 0 unspecified atom stereocenters. The Labute approximate surface area is 192 Å². The fraction of sp³-hybridized carbons (Fsp3) is 0.308. The van der Waals surface area contributed by atoms with Crippen molar-refractivity contribution in [2.45, 2.75) is 44.7 Å². The maximum atomic E-state index is 13.1. The molecule has 2 heterocycles. The van der Waals surface area contributed by atoms with Crippen LogP contribution >= 0.6 is 0 Å². The van der Waals surface area contributed by atoms with Gasteiger partial charge in [-0.15, -0.1) is 0 Å². The Morgan fingerprint density at radius 3 is 2.64 bits per heavy atom. The molecule has 5 rings (SSSR count). The predicted octanol–water partition coefficient (Wildman–Crippen LogP) is 3.03. The number of rotatable bonds is 5. The molecular formula is C26H26N4O3. The van der Waals surface area contributed by atoms with E-state index in [4.69, 9.17) is 0 Å². The number of carbonyl (C=O) groups is 2. The lowest BCUT2D eigenvalue weighted by molar-refractivity contribution is -0.122. The van der Waals surface area contributed by atoms with Crippen molar-refractivity contribution in [3.8, 4) is 0 Å². The van der Waals surface area contributed by atoms with E-state index >= 15 is 0 Å². The first-order chi connectivity index (χ1) is 16.1. The van der Waals surface area contributed by atoms with Gasteiger partial charge in [-0.3, -0.25) is 14.4 Å². The van der Waals surface area contributed by atoms with Gasteiger partial charge in [-0.2, -0.15) is 5.10 Å². The molecule has 2 aromatic carbocycles. The molecule has 0 fully saturated rings. The van der Waals surface area contributed by atoms with Gasteiger partial charge in [0.15, 0.2) is 0 Å². The van der Waals surface area contributed by atoms with Gasteiger partial charge >= 0.3 is 0 Å². The minimum atomic E-state index is -0.329. The lowest BCUT2D eigenvalue weighted by Gasteiger charge is -2.26. The standard InChI is InChI=1S/C26H26N4O3/c31-24(27-21-10-5-8-18-6-1-3-9-20(18)21)15-17-30-25(32)13-12-22(28-30)26(33)29-16-14-19-7-2-4-11-23(19)29/h1-4,6-7,9,11-13,21H,5,8,10,14-17H2,(H,27,31)/t21-/m1/s1. The fourth-order valence-corrected chi connectivity index (χ4v) is 4.79. The summed E-state index contributed by atoms with van der Waals surface area (Å²) >= 11 is 0. The number of anilines is 1. The van der Waals surface area contributed by atoms with Gasteiger partial charge in [0.2, 0.25) is 5.91 Å². The van der Waals surface area contributed by atoms with Crippen molar-refractivity contribution in [2.24, 2.45) is 0 Å². The summed E-state index contributed by atoms with van der Waals surface area (Å²) in [6, 6.07) is 18.8. The van der Waals surface area contributed by atoms with Crippen LogP contribution < -0.4 is 15.8 Å². The first kappa shape index (κ1) is 21.1. The third kappa shape index (κ3) is 4.31. The number of amides is 2. The van der Waals surface area contributed by atoms with Crippen molar-refractivity contribution >= 4 is 17.5 Å². The van der Waals surface area contributed by atoms with Gasteiger partial charge in [0, 0.05) is 24.7 Å². The van der Waals surface area contributed by atoms with Crippen LogP contribution in [0.5, 0.6) is 0 Å². The second-order valence-electron chi connectivity index (χ2n) is 8.58. The topological polar surface area (TPSA) is 84.3 Å². The fourth-order valence-electron chi connectivity index (χ4n) is 4.79. The number of fused-ring (bicyclic) bond motifs is 2. The Kier molecular flexibility index (Phi) is 5.77. The Hall–Kier alpha value is -3.74. The minimum Gasteiger partial charge on any atom is -0.349 e. The van der Waals surface area contributed by atoms with Crippen LogP contribution in [0.15, 0.2) is 65.5 Å². The number of nitrogens with zero attached hydrogens (tertiary/aromatic N) is 3. The summed E-state index contributed by atoms with van der Waals surface area (Å²) in [5.41, 5.74) is 4.33. The maximum absolute atomic E-state index is 13.1. The maximum Gasteiger partial charge on any atom is 0.278 e. The highest BCUT2D eigenvalue weighted by atomic mass is 16.2. The first-order valence-corrected chi connectivity index (χ1v) is 11.5. The van der Waals surface area contributed by atoms with E-state index in [9.17, 15) is 14.4 Å². The number of benzene rings is 2. The van der Waals surface area contributed by atoms with Gasteiger partial charge in [0.1, 0.15) is 5.69 Å². The summed E-state index contributed by atoms with van der Waals surface area (Å²) in [6.45, 7) is 0.709. The summed E-state index contributed by atoms with van der Waals surface area (Å²) < 4.78 is 1.21. The Morgan fingerprint density at radius 2 is 1.76 bits per heavy atom. The summed E-state index contributed by atoms with van der Waals surface area (Å²) in [5.74, 6) is -0.368. The van der Waals surface area contributed by atoms with Crippen molar-refractivity contribution in [3.05, 3.63) is 93.4 Å². The van der Waals surface area contributed by atoms with Gasteiger partial charge in [-0.25, -0.2) is 4.68 Å². The number of aromatic nitrogens is 2. The molecule has 1 atom stereocenters. The number of hydrogen-bond donors (Lipinski definition) is 1. The van der Waals surface area contributed by atoms with Crippen LogP contribution in [-0.2, 0) is 24.2 Å². The van der Waals surface area contributed by atoms with E-state index in [-0.39, 0.29) is 42.1 Å². The van der Waals surface area contributed by atoms with Crippen LogP contribution in [0.2, 0.25) is 0 Å². The molecule has 33 heavy (non-hydrogen) atoms. The molecule has 0 spiro atoms. The molecule has 1 aliphatic carbocycles. The number of hydrogen-bond acceptors (Lipinski definition) is 4. The average molecular weight is 443 g/mol. The number of carbonyl (C=O) groups excluding carboxylic acids is 2. The van der Waals surface area contributed by atoms with E-state index in [0.717, 1.165) is 36.9 Å². The van der Waals surface area contributed by atoms with Gasteiger partial charge in [0.05, 0.1) is 12.6 Å². The third-order valence-corrected chi connectivity index (χ3v) is 6.47. The Balaban J connectivity index is 1.26. The SMILES string of the molecule is O=C(CCn1nc(C(=O)N2CCc3ccccc32)ccc1=O)N[C@@H]1CCCc2ccccc21. The highest BCUT2D eigenvalue weighted by Crippen LogP contribution is 2.30. The molecule has 3 aromatic rings. The lowest BCUT2D eigenvalue weighted by Crippen LogP contribution is -2.34. The number of aryl methyl sites for hydroxylation is 2. The van der Waals surface area contributed by atoms with Crippen molar-refractivity contribution in [3.63, 3.8) is 0 Å². The molecule has 1 aromatic heterocycles. The second-order valence-corrected chi connectivity index (χ2v) is 8.58. The van der Waals surface area contributed by atoms with Gasteiger partial charge in [-0.05, 0) is 54.5 Å². The summed E-state index contributed by atoms with van der Waals surface area (Å²) in [7, 11) is 0. The van der Waals surface area contributed by atoms with E-state index in [1.807, 2.05) is 36.4 Å². The molecular weight excluding hydrogens is 416 g/mol. The van der Waals surface area contributed by atoms with E-state index in [1.54, 1.807) is 4.90 Å². The van der Waals surface area contributed by atoms with E-state index in [1.165, 1.54) is 27.9 Å². The normalized spacial score (nSPS) is 16.7. The summed E-state index contributed by atoms with van der Waals surface area (Å²) in [5, 5.41) is 7.38. The largest absolute Gasteiger partial charge is 0.349 e. The summed E-state index contributed by atoms with van der Waals surface area (Å²) in [6.07, 6.45) is 3.89. The number of para-hydroxylation sites is 1. The molecule has 1 aliphatic heterocycles. The Bertz CT molecular complexity index is 1270. The zero-order valence-corrected chi connectivity index (χ0v) is 18.4. The second kappa shape index (κ2) is 9.02. The van der Waals surface area contributed by atoms with Crippen molar-refractivity contribution < 1.29 is 9.59 Å². The van der Waals surface area contributed by atoms with Crippen LogP contribution in [-0.4, -0.2) is 28.1 Å². The van der Waals surface area contributed by atoms with E-state index < -0.39 is 0 Å². The first-order valence-electron chi connectivity index (χ1n) is 11.5. The average Bonchev–Trinajstić information content (AvgIpc) is 3.27. The van der Waals surface area contributed by atoms with Crippen LogP contribution in [0.1, 0.15) is 52.5 Å². The monoisotopic (exact) mass is 442 g/mol. The molecule has 1 N–H and O–H groups in total. The van der Waals surface area contributed by atoms with Gasteiger partial charge < -0.3 is 10.2 Å². The minimum absolute atomic E-state index is 0.00437. The highest BCUT2D eigenvalue weighted by molar-refractivity contribution is 6.05. The van der Waals surface area contributed by atoms with Crippen molar-refractivity contribution in [1.29, 1.82) is 0 Å². The molecule has 7 heteroatoms. The van der Waals surface area contributed by atoms with Gasteiger partial charge in [0.25, 0.3) is 11.5 Å². The van der Waals surface area contributed by atoms with E-state index in [2.05, 4.69) is 22.5 Å². The zero-order valence-electron chi connectivity index (χ0n) is 18.4. The summed E-state index contributed by atoms with van der Waals surface area (Å²) in [4.78, 5) is 39.7. The zero-order chi connectivity index (χ0) is 22.8. The molecule has 7 nitrogen and oxygen atoms in total. The quantitative estimate of drug-likeness (QED) is 0.658. The predicted molar refractivity (Wildman–Crippen MR) is 125 cm³/mol. The molecule has 2 amide bonds. The lowest BCUT2D eigenvalue weighted by atomic mass is 9.88. The van der Waals surface area contributed by atoms with Crippen molar-refractivity contribution in [2.75, 3.05) is 11.4 Å². The van der Waals surface area contributed by atoms with Crippen LogP contribution in [0.4, 0.5) is 5.69 Å². The molecule has 0 saturated heterocycles. The van der Waals surface area contributed by atoms with Gasteiger partial charge in [-0.1, -0.05) is 42.5 Å². The van der Waals surface area contributed by atoms with Crippen molar-refractivity contribution in [1.82, 2.24) is 15.1 Å². The smallest absolute Gasteiger partial charge is 0.278 e. The van der Waals surface area contributed by atoms with Crippen LogP contribution in [0.25, 0.3) is 0 Å². The molecule has 0 saturated carbocycles. The highest BCUT2D eigenvalue weighted by Gasteiger charge is 2.26. The molecule has 2 aliphatic rings.